The fourth-order valence-corrected chi connectivity index (χ4v) is 5.76. The smallest absolute Gasteiger partial charge is 0.239 e. The van der Waals surface area contributed by atoms with E-state index in [1.165, 1.54) is 21.6 Å². The lowest BCUT2D eigenvalue weighted by Gasteiger charge is -2.41. The monoisotopic (exact) mass is 425 g/mol. The molecule has 1 aromatic heterocycles. The number of carbonyl (C=O) groups is 2. The second-order valence-electron chi connectivity index (χ2n) is 8.41. The molecule has 6 heteroatoms. The topological polar surface area (TPSA) is 43.9 Å². The van der Waals surface area contributed by atoms with Crippen molar-refractivity contribution in [3.05, 3.63) is 57.3 Å². The highest BCUT2D eigenvalue weighted by atomic mass is 32.1. The number of thiophene rings is 1. The van der Waals surface area contributed by atoms with Gasteiger partial charge in [0.15, 0.2) is 0 Å². The Morgan fingerprint density at radius 1 is 1.00 bits per heavy atom. The van der Waals surface area contributed by atoms with Crippen LogP contribution in [0, 0.1) is 6.92 Å². The summed E-state index contributed by atoms with van der Waals surface area (Å²) >= 11 is 1.83. The number of hydrogen-bond acceptors (Lipinski definition) is 4. The van der Waals surface area contributed by atoms with E-state index >= 15 is 0 Å². The number of benzene rings is 1. The minimum Gasteiger partial charge on any atom is -0.341 e. The lowest BCUT2D eigenvalue weighted by Crippen LogP contribution is -2.51. The Bertz CT molecular complexity index is 925. The van der Waals surface area contributed by atoms with Gasteiger partial charge in [-0.2, -0.15) is 0 Å². The number of amides is 2. The molecule has 2 aliphatic rings. The number of nitrogens with zero attached hydrogens (tertiary/aromatic N) is 3. The Hall–Kier alpha value is -2.18. The fraction of sp³-hybridized carbons (Fsp3) is 0.500. The van der Waals surface area contributed by atoms with Crippen LogP contribution in [-0.2, 0) is 16.0 Å². The number of fused-ring (bicyclic) bond motifs is 1. The Kier molecular flexibility index (Phi) is 6.25. The van der Waals surface area contributed by atoms with Crippen LogP contribution in [0.2, 0.25) is 0 Å². The molecule has 30 heavy (non-hydrogen) atoms. The molecule has 0 N–H and O–H groups in total. The Morgan fingerprint density at radius 3 is 2.50 bits per heavy atom. The molecule has 2 aliphatic heterocycles. The average molecular weight is 426 g/mol. The first-order chi connectivity index (χ1) is 14.5. The van der Waals surface area contributed by atoms with Crippen molar-refractivity contribution in [1.29, 1.82) is 0 Å². The number of rotatable bonds is 3. The standard InChI is InChI=1S/C24H31N3O2S/c1-17-7-4-5-8-20(17)23-21-10-16-30-22(21)9-13-27(23)18(2)24(29)26-12-6-11-25(14-15-26)19(3)28/h4-5,7-8,10,16,18,23H,6,9,11-15H2,1-3H3/t18-,23+/m1/s1. The predicted octanol–water partition coefficient (Wildman–Crippen LogP) is 3.47. The summed E-state index contributed by atoms with van der Waals surface area (Å²) in [4.78, 5) is 32.9. The van der Waals surface area contributed by atoms with Gasteiger partial charge in [-0.1, -0.05) is 24.3 Å². The Morgan fingerprint density at radius 2 is 1.73 bits per heavy atom. The van der Waals surface area contributed by atoms with Gasteiger partial charge in [-0.05, 0) is 54.8 Å². The summed E-state index contributed by atoms with van der Waals surface area (Å²) in [6.07, 6.45) is 1.83. The molecule has 1 aromatic carbocycles. The zero-order valence-electron chi connectivity index (χ0n) is 18.1. The maximum Gasteiger partial charge on any atom is 0.239 e. The fourth-order valence-electron chi connectivity index (χ4n) is 4.85. The molecule has 160 valence electrons. The van der Waals surface area contributed by atoms with Crippen LogP contribution in [0.1, 0.15) is 47.9 Å². The molecule has 2 amide bonds. The van der Waals surface area contributed by atoms with Crippen LogP contribution in [0.25, 0.3) is 0 Å². The zero-order chi connectivity index (χ0) is 21.3. The van der Waals surface area contributed by atoms with Gasteiger partial charge in [0.05, 0.1) is 12.1 Å². The van der Waals surface area contributed by atoms with Gasteiger partial charge in [-0.25, -0.2) is 0 Å². The summed E-state index contributed by atoms with van der Waals surface area (Å²) in [6, 6.07) is 10.7. The highest BCUT2D eigenvalue weighted by molar-refractivity contribution is 7.10. The van der Waals surface area contributed by atoms with Crippen LogP contribution in [-0.4, -0.2) is 65.3 Å². The van der Waals surface area contributed by atoms with Gasteiger partial charge in [0.1, 0.15) is 0 Å². The average Bonchev–Trinajstić information content (AvgIpc) is 3.08. The maximum absolute atomic E-state index is 13.5. The Balaban J connectivity index is 1.59. The lowest BCUT2D eigenvalue weighted by atomic mass is 9.89. The summed E-state index contributed by atoms with van der Waals surface area (Å²) < 4.78 is 0. The molecule has 1 saturated heterocycles. The van der Waals surface area contributed by atoms with E-state index in [9.17, 15) is 9.59 Å². The van der Waals surface area contributed by atoms with E-state index in [0.717, 1.165) is 32.5 Å². The van der Waals surface area contributed by atoms with Crippen LogP contribution < -0.4 is 0 Å². The maximum atomic E-state index is 13.5. The third-order valence-corrected chi connectivity index (χ3v) is 7.59. The van der Waals surface area contributed by atoms with Crippen molar-refractivity contribution < 1.29 is 9.59 Å². The minimum absolute atomic E-state index is 0.0954. The van der Waals surface area contributed by atoms with E-state index in [-0.39, 0.29) is 23.9 Å². The van der Waals surface area contributed by atoms with Crippen LogP contribution >= 0.6 is 11.3 Å². The van der Waals surface area contributed by atoms with Crippen LogP contribution in [0.5, 0.6) is 0 Å². The first-order valence-electron chi connectivity index (χ1n) is 10.9. The van der Waals surface area contributed by atoms with Gasteiger partial charge in [-0.3, -0.25) is 14.5 Å². The van der Waals surface area contributed by atoms with E-state index in [4.69, 9.17) is 0 Å². The third-order valence-electron chi connectivity index (χ3n) is 6.59. The van der Waals surface area contributed by atoms with Crippen molar-refractivity contribution in [3.63, 3.8) is 0 Å². The quantitative estimate of drug-likeness (QED) is 0.756. The molecule has 0 aliphatic carbocycles. The summed E-state index contributed by atoms with van der Waals surface area (Å²) in [5, 5.41) is 2.18. The molecule has 4 rings (SSSR count). The first-order valence-corrected chi connectivity index (χ1v) is 11.8. The SMILES string of the molecule is CC(=O)N1CCCN(C(=O)[C@@H](C)N2CCc3sccc3[C@@H]2c2ccccc2C)CC1. The summed E-state index contributed by atoms with van der Waals surface area (Å²) in [5.41, 5.74) is 3.90. The molecule has 0 radical (unpaired) electrons. The van der Waals surface area contributed by atoms with Crippen molar-refractivity contribution >= 4 is 23.2 Å². The van der Waals surface area contributed by atoms with Gasteiger partial charge in [0.2, 0.25) is 11.8 Å². The number of carbonyl (C=O) groups excluding carboxylic acids is 2. The van der Waals surface area contributed by atoms with E-state index in [0.29, 0.717) is 13.1 Å². The summed E-state index contributed by atoms with van der Waals surface area (Å²) in [6.45, 7) is 9.41. The van der Waals surface area contributed by atoms with Crippen LogP contribution in [0.4, 0.5) is 0 Å². The van der Waals surface area contributed by atoms with Gasteiger partial charge >= 0.3 is 0 Å². The first kappa shape index (κ1) is 21.1. The van der Waals surface area contributed by atoms with Crippen molar-refractivity contribution in [1.82, 2.24) is 14.7 Å². The second-order valence-corrected chi connectivity index (χ2v) is 9.41. The van der Waals surface area contributed by atoms with Gasteiger partial charge in [-0.15, -0.1) is 11.3 Å². The van der Waals surface area contributed by atoms with Crippen LogP contribution in [0.15, 0.2) is 35.7 Å². The molecule has 0 bridgehead atoms. The molecule has 0 unspecified atom stereocenters. The molecule has 0 spiro atoms. The lowest BCUT2D eigenvalue weighted by molar-refractivity contribution is -0.137. The van der Waals surface area contributed by atoms with Crippen molar-refractivity contribution in [2.75, 3.05) is 32.7 Å². The molecule has 2 atom stereocenters. The number of hydrogen-bond donors (Lipinski definition) is 0. The van der Waals surface area contributed by atoms with Crippen molar-refractivity contribution in [2.24, 2.45) is 0 Å². The molecule has 2 aromatic rings. The van der Waals surface area contributed by atoms with Gasteiger partial charge < -0.3 is 9.80 Å². The van der Waals surface area contributed by atoms with E-state index < -0.39 is 0 Å². The third kappa shape index (κ3) is 4.03. The predicted molar refractivity (Wildman–Crippen MR) is 121 cm³/mol. The zero-order valence-corrected chi connectivity index (χ0v) is 19.0. The largest absolute Gasteiger partial charge is 0.341 e. The highest BCUT2D eigenvalue weighted by Gasteiger charge is 2.37. The van der Waals surface area contributed by atoms with E-state index in [2.05, 4.69) is 54.5 Å². The molecule has 1 fully saturated rings. The number of aryl methyl sites for hydroxylation is 1. The molecule has 3 heterocycles. The molecule has 5 nitrogen and oxygen atoms in total. The molecular formula is C24H31N3O2S. The van der Waals surface area contributed by atoms with Gasteiger partial charge in [0.25, 0.3) is 0 Å². The minimum atomic E-state index is -0.202. The normalized spacial score (nSPS) is 21.1. The summed E-state index contributed by atoms with van der Waals surface area (Å²) in [5.74, 6) is 0.274. The highest BCUT2D eigenvalue weighted by Crippen LogP contribution is 2.40. The van der Waals surface area contributed by atoms with E-state index in [1.807, 2.05) is 21.1 Å². The van der Waals surface area contributed by atoms with Crippen molar-refractivity contribution in [2.45, 2.75) is 45.7 Å². The van der Waals surface area contributed by atoms with Gasteiger partial charge in [0, 0.05) is 44.5 Å². The van der Waals surface area contributed by atoms with E-state index in [1.54, 1.807) is 6.92 Å². The van der Waals surface area contributed by atoms with Crippen molar-refractivity contribution in [3.8, 4) is 0 Å². The van der Waals surface area contributed by atoms with Crippen LogP contribution in [0.3, 0.4) is 0 Å². The summed E-state index contributed by atoms with van der Waals surface area (Å²) in [7, 11) is 0. The molecular weight excluding hydrogens is 394 g/mol. The Labute approximate surface area is 183 Å². The molecule has 0 saturated carbocycles. The second kappa shape index (κ2) is 8.90.